The molecule has 126 valence electrons. The first-order valence-electron chi connectivity index (χ1n) is 7.04. The number of hydrogen-bond acceptors (Lipinski definition) is 6. The number of rotatable bonds is 6. The summed E-state index contributed by atoms with van der Waals surface area (Å²) in [7, 11) is 0. The van der Waals surface area contributed by atoms with Crippen molar-refractivity contribution in [1.29, 1.82) is 0 Å². The number of benzene rings is 1. The molecular weight excluding hydrogens is 302 g/mol. The van der Waals surface area contributed by atoms with E-state index in [0.717, 1.165) is 0 Å². The Morgan fingerprint density at radius 3 is 1.83 bits per heavy atom. The Hall–Kier alpha value is -2.45. The summed E-state index contributed by atoms with van der Waals surface area (Å²) in [5.74, 6) is -2.94. The monoisotopic (exact) mass is 323 g/mol. The summed E-state index contributed by atoms with van der Waals surface area (Å²) >= 11 is 0. The number of phenolic OH excluding ortho intramolecular Hbond substituents is 1. The molecule has 0 radical (unpaired) electrons. The summed E-state index contributed by atoms with van der Waals surface area (Å²) in [5.41, 5.74) is 11.6. The van der Waals surface area contributed by atoms with Crippen molar-refractivity contribution in [1.82, 2.24) is 4.90 Å². The lowest BCUT2D eigenvalue weighted by atomic mass is 10.0. The van der Waals surface area contributed by atoms with Crippen LogP contribution in [0.15, 0.2) is 24.3 Å². The lowest BCUT2D eigenvalue weighted by Crippen LogP contribution is -2.57. The van der Waals surface area contributed by atoms with Crippen LogP contribution in [0.5, 0.6) is 5.75 Å². The molecule has 0 aliphatic rings. The van der Waals surface area contributed by atoms with E-state index in [0.29, 0.717) is 10.5 Å². The number of phenols is 1. The van der Waals surface area contributed by atoms with E-state index in [1.54, 1.807) is 0 Å². The first-order chi connectivity index (χ1) is 10.6. The third kappa shape index (κ3) is 4.76. The van der Waals surface area contributed by atoms with Crippen LogP contribution in [0.1, 0.15) is 19.4 Å². The van der Waals surface area contributed by atoms with Gasteiger partial charge in [-0.2, -0.15) is 0 Å². The molecule has 1 aromatic carbocycles. The Bertz CT molecular complexity index is 563. The van der Waals surface area contributed by atoms with Crippen LogP contribution < -0.4 is 11.5 Å². The standard InChI is InChI=1S/C15H21N3O5/c1-8(16)13(20)18(14(21)9(2)17)12(15(22)23)7-10-3-5-11(19)6-4-10/h3-6,8-9,12,19H,7,16-17H2,1-2H3,(H,22,23)/t8-,9-,12-/m0/s1. The maximum atomic E-state index is 12.2. The largest absolute Gasteiger partial charge is 0.508 e. The molecule has 6 N–H and O–H groups in total. The predicted molar refractivity (Wildman–Crippen MR) is 82.4 cm³/mol. The molecule has 0 saturated heterocycles. The fourth-order valence-electron chi connectivity index (χ4n) is 2.00. The number of amides is 2. The van der Waals surface area contributed by atoms with Crippen LogP contribution in [0.25, 0.3) is 0 Å². The number of carboxylic acid groups (broad SMARTS) is 1. The molecule has 0 spiro atoms. The molecule has 0 aliphatic carbocycles. The number of nitrogens with zero attached hydrogens (tertiary/aromatic N) is 1. The van der Waals surface area contributed by atoms with Crippen LogP contribution in [0.4, 0.5) is 0 Å². The minimum absolute atomic E-state index is 0.0239. The van der Waals surface area contributed by atoms with E-state index in [2.05, 4.69) is 0 Å². The van der Waals surface area contributed by atoms with Gasteiger partial charge in [0.2, 0.25) is 11.8 Å². The molecule has 23 heavy (non-hydrogen) atoms. The van der Waals surface area contributed by atoms with Gasteiger partial charge in [0.05, 0.1) is 12.1 Å². The maximum Gasteiger partial charge on any atom is 0.327 e. The average molecular weight is 323 g/mol. The van der Waals surface area contributed by atoms with Crippen molar-refractivity contribution in [2.45, 2.75) is 38.4 Å². The molecule has 0 fully saturated rings. The molecule has 8 heteroatoms. The van der Waals surface area contributed by atoms with Crippen molar-refractivity contribution >= 4 is 17.8 Å². The minimum atomic E-state index is -1.43. The van der Waals surface area contributed by atoms with Crippen molar-refractivity contribution in [2.24, 2.45) is 11.5 Å². The number of aliphatic carboxylic acids is 1. The van der Waals surface area contributed by atoms with Crippen LogP contribution >= 0.6 is 0 Å². The molecule has 0 saturated carbocycles. The van der Waals surface area contributed by atoms with Crippen LogP contribution in [0.3, 0.4) is 0 Å². The summed E-state index contributed by atoms with van der Waals surface area (Å²) in [6, 6.07) is 2.28. The number of imide groups is 1. The highest BCUT2D eigenvalue weighted by Gasteiger charge is 2.37. The Labute approximate surface area is 133 Å². The van der Waals surface area contributed by atoms with Gasteiger partial charge in [-0.1, -0.05) is 12.1 Å². The molecule has 2 amide bonds. The second-order valence-corrected chi connectivity index (χ2v) is 5.35. The molecule has 0 bridgehead atoms. The first kappa shape index (κ1) is 18.6. The van der Waals surface area contributed by atoms with Gasteiger partial charge in [0.15, 0.2) is 0 Å². The molecule has 1 rings (SSSR count). The van der Waals surface area contributed by atoms with Gasteiger partial charge in [-0.15, -0.1) is 0 Å². The van der Waals surface area contributed by atoms with Gasteiger partial charge >= 0.3 is 5.97 Å². The predicted octanol–water partition coefficient (Wildman–Crippen LogP) is -0.562. The van der Waals surface area contributed by atoms with E-state index in [9.17, 15) is 24.6 Å². The van der Waals surface area contributed by atoms with Crippen molar-refractivity contribution in [3.05, 3.63) is 29.8 Å². The van der Waals surface area contributed by atoms with Crippen molar-refractivity contribution in [3.63, 3.8) is 0 Å². The van der Waals surface area contributed by atoms with Gasteiger partial charge in [-0.3, -0.25) is 14.5 Å². The smallest absolute Gasteiger partial charge is 0.327 e. The first-order valence-corrected chi connectivity index (χ1v) is 7.04. The lowest BCUT2D eigenvalue weighted by Gasteiger charge is -2.30. The number of aromatic hydroxyl groups is 1. The second-order valence-electron chi connectivity index (χ2n) is 5.35. The average Bonchev–Trinajstić information content (AvgIpc) is 2.47. The maximum absolute atomic E-state index is 12.2. The Morgan fingerprint density at radius 1 is 1.04 bits per heavy atom. The molecule has 8 nitrogen and oxygen atoms in total. The quantitative estimate of drug-likeness (QED) is 0.548. The third-order valence-electron chi connectivity index (χ3n) is 3.22. The summed E-state index contributed by atoms with van der Waals surface area (Å²) < 4.78 is 0. The fraction of sp³-hybridized carbons (Fsp3) is 0.400. The van der Waals surface area contributed by atoms with Crippen molar-refractivity contribution < 1.29 is 24.6 Å². The minimum Gasteiger partial charge on any atom is -0.508 e. The van der Waals surface area contributed by atoms with Gasteiger partial charge < -0.3 is 21.7 Å². The van der Waals surface area contributed by atoms with Gasteiger partial charge in [0.25, 0.3) is 0 Å². The fourth-order valence-corrected chi connectivity index (χ4v) is 2.00. The lowest BCUT2D eigenvalue weighted by molar-refractivity contribution is -0.158. The topological polar surface area (TPSA) is 147 Å². The summed E-state index contributed by atoms with van der Waals surface area (Å²) in [5, 5.41) is 18.7. The number of nitrogens with two attached hydrogens (primary N) is 2. The van der Waals surface area contributed by atoms with Crippen LogP contribution in [-0.4, -0.2) is 51.0 Å². The molecule has 3 atom stereocenters. The van der Waals surface area contributed by atoms with E-state index in [4.69, 9.17) is 11.5 Å². The summed E-state index contributed by atoms with van der Waals surface area (Å²) in [6.45, 7) is 2.73. The van der Waals surface area contributed by atoms with Crippen LogP contribution in [0.2, 0.25) is 0 Å². The van der Waals surface area contributed by atoms with Crippen molar-refractivity contribution in [2.75, 3.05) is 0 Å². The number of carbonyl (C=O) groups excluding carboxylic acids is 2. The summed E-state index contributed by atoms with van der Waals surface area (Å²) in [4.78, 5) is 36.6. The molecule has 0 unspecified atom stereocenters. The molecule has 1 aromatic rings. The van der Waals surface area contributed by atoms with Gasteiger partial charge in [0.1, 0.15) is 11.8 Å². The number of hydrogen-bond donors (Lipinski definition) is 4. The highest BCUT2D eigenvalue weighted by atomic mass is 16.4. The highest BCUT2D eigenvalue weighted by molar-refractivity contribution is 6.02. The van der Waals surface area contributed by atoms with E-state index < -0.39 is 35.9 Å². The van der Waals surface area contributed by atoms with E-state index >= 15 is 0 Å². The van der Waals surface area contributed by atoms with E-state index in [1.807, 2.05) is 0 Å². The SMILES string of the molecule is C[C@H](N)C(=O)N(C(=O)[C@H](C)N)[C@@H](Cc1ccc(O)cc1)C(=O)O. The normalized spacial score (nSPS) is 14.6. The van der Waals surface area contributed by atoms with Crippen LogP contribution in [0, 0.1) is 0 Å². The molecule has 0 aromatic heterocycles. The zero-order chi connectivity index (χ0) is 17.7. The van der Waals surface area contributed by atoms with E-state index in [-0.39, 0.29) is 12.2 Å². The highest BCUT2D eigenvalue weighted by Crippen LogP contribution is 2.15. The van der Waals surface area contributed by atoms with Gasteiger partial charge in [0, 0.05) is 6.42 Å². The second kappa shape index (κ2) is 7.70. The Kier molecular flexibility index (Phi) is 6.23. The molecule has 0 aliphatic heterocycles. The molecule has 0 heterocycles. The Balaban J connectivity index is 3.19. The van der Waals surface area contributed by atoms with Crippen LogP contribution in [-0.2, 0) is 20.8 Å². The summed E-state index contributed by atoms with van der Waals surface area (Å²) in [6.07, 6.45) is -0.119. The van der Waals surface area contributed by atoms with Gasteiger partial charge in [-0.05, 0) is 31.5 Å². The van der Waals surface area contributed by atoms with Crippen molar-refractivity contribution in [3.8, 4) is 5.75 Å². The molecular formula is C15H21N3O5. The van der Waals surface area contributed by atoms with E-state index in [1.165, 1.54) is 38.1 Å². The zero-order valence-corrected chi connectivity index (χ0v) is 13.0. The third-order valence-corrected chi connectivity index (χ3v) is 3.22. The number of carboxylic acids is 1. The zero-order valence-electron chi connectivity index (χ0n) is 13.0. The van der Waals surface area contributed by atoms with Gasteiger partial charge in [-0.25, -0.2) is 4.79 Å². The Morgan fingerprint density at radius 2 is 1.48 bits per heavy atom. The number of carbonyl (C=O) groups is 3.